The van der Waals surface area contributed by atoms with E-state index in [4.69, 9.17) is 4.74 Å². The number of nitrogens with one attached hydrogen (secondary N) is 2. The monoisotopic (exact) mass is 192 g/mol. The second kappa shape index (κ2) is 3.41. The fraction of sp³-hybridized carbons (Fsp3) is 0.636. The maximum atomic E-state index is 5.18. The van der Waals surface area contributed by atoms with Crippen molar-refractivity contribution in [3.63, 3.8) is 0 Å². The molecule has 0 bridgehead atoms. The summed E-state index contributed by atoms with van der Waals surface area (Å²) in [5.74, 6) is 0. The minimum Gasteiger partial charge on any atom is -0.378 e. The lowest BCUT2D eigenvalue weighted by atomic mass is 9.92. The second-order valence-corrected chi connectivity index (χ2v) is 4.26. The smallest absolute Gasteiger partial charge is 0.0643 e. The van der Waals surface area contributed by atoms with E-state index in [0.29, 0.717) is 12.1 Å². The Morgan fingerprint density at radius 2 is 2.36 bits per heavy atom. The van der Waals surface area contributed by atoms with E-state index < -0.39 is 0 Å². The second-order valence-electron chi connectivity index (χ2n) is 4.26. The lowest BCUT2D eigenvalue weighted by Crippen LogP contribution is -2.47. The van der Waals surface area contributed by atoms with Crippen LogP contribution in [0, 0.1) is 0 Å². The molecule has 1 aromatic rings. The van der Waals surface area contributed by atoms with Crippen LogP contribution in [-0.2, 0) is 11.2 Å². The summed E-state index contributed by atoms with van der Waals surface area (Å²) in [6, 6.07) is 3.35. The van der Waals surface area contributed by atoms with E-state index in [-0.39, 0.29) is 0 Å². The molecule has 3 heteroatoms. The van der Waals surface area contributed by atoms with Crippen LogP contribution in [0.1, 0.15) is 30.1 Å². The van der Waals surface area contributed by atoms with Crippen LogP contribution in [0.2, 0.25) is 0 Å². The number of hydrogen-bond acceptors (Lipinski definition) is 2. The summed E-state index contributed by atoms with van der Waals surface area (Å²) in [4.78, 5) is 3.33. The molecule has 0 spiro atoms. The van der Waals surface area contributed by atoms with E-state index in [1.165, 1.54) is 30.5 Å². The maximum Gasteiger partial charge on any atom is 0.0643 e. The topological polar surface area (TPSA) is 37.0 Å². The van der Waals surface area contributed by atoms with Crippen molar-refractivity contribution in [3.05, 3.63) is 23.5 Å². The van der Waals surface area contributed by atoms with Gasteiger partial charge >= 0.3 is 0 Å². The molecule has 1 saturated heterocycles. The fourth-order valence-corrected chi connectivity index (χ4v) is 2.39. The third-order valence-corrected chi connectivity index (χ3v) is 3.24. The van der Waals surface area contributed by atoms with Gasteiger partial charge in [0, 0.05) is 17.9 Å². The first-order valence-electron chi connectivity index (χ1n) is 5.43. The van der Waals surface area contributed by atoms with Gasteiger partial charge < -0.3 is 15.0 Å². The third-order valence-electron chi connectivity index (χ3n) is 3.24. The van der Waals surface area contributed by atoms with E-state index in [0.717, 1.165) is 13.2 Å². The molecule has 2 N–H and O–H groups in total. The van der Waals surface area contributed by atoms with Crippen molar-refractivity contribution in [3.8, 4) is 0 Å². The molecule has 1 fully saturated rings. The van der Waals surface area contributed by atoms with E-state index in [1.807, 2.05) is 0 Å². The molecule has 1 atom stereocenters. The van der Waals surface area contributed by atoms with Crippen molar-refractivity contribution < 1.29 is 4.74 Å². The van der Waals surface area contributed by atoms with Gasteiger partial charge in [0.15, 0.2) is 0 Å². The number of ether oxygens (including phenoxy) is 1. The lowest BCUT2D eigenvalue weighted by Gasteiger charge is -2.33. The fourth-order valence-electron chi connectivity index (χ4n) is 2.39. The Kier molecular flexibility index (Phi) is 2.07. The highest BCUT2D eigenvalue weighted by Crippen LogP contribution is 2.29. The van der Waals surface area contributed by atoms with Crippen molar-refractivity contribution in [2.24, 2.45) is 0 Å². The normalized spacial score (nSPS) is 27.0. The van der Waals surface area contributed by atoms with Gasteiger partial charge in [-0.3, -0.25) is 0 Å². The van der Waals surface area contributed by atoms with Crippen LogP contribution in [0.3, 0.4) is 0 Å². The summed E-state index contributed by atoms with van der Waals surface area (Å²) >= 11 is 0. The SMILES string of the molecule is c1cc2c([nH]1)CCCC2NC1COC1. The molecule has 0 radical (unpaired) electrons. The molecule has 14 heavy (non-hydrogen) atoms. The van der Waals surface area contributed by atoms with Gasteiger partial charge in [0.2, 0.25) is 0 Å². The van der Waals surface area contributed by atoms with Gasteiger partial charge in [0.05, 0.1) is 19.3 Å². The summed E-state index contributed by atoms with van der Waals surface area (Å²) < 4.78 is 5.18. The van der Waals surface area contributed by atoms with Crippen molar-refractivity contribution in [2.45, 2.75) is 31.3 Å². The highest BCUT2D eigenvalue weighted by Gasteiger charge is 2.26. The third kappa shape index (κ3) is 1.37. The van der Waals surface area contributed by atoms with E-state index in [2.05, 4.69) is 22.6 Å². The van der Waals surface area contributed by atoms with Crippen LogP contribution in [-0.4, -0.2) is 24.2 Å². The number of rotatable bonds is 2. The molecular formula is C11H16N2O. The molecule has 3 rings (SSSR count). The van der Waals surface area contributed by atoms with Crippen LogP contribution in [0.25, 0.3) is 0 Å². The standard InChI is InChI=1S/C11H16N2O/c1-2-10-9(4-5-12-10)11(3-1)13-8-6-14-7-8/h4-5,8,11-13H,1-3,6-7H2. The number of H-pyrrole nitrogens is 1. The first-order valence-corrected chi connectivity index (χ1v) is 5.43. The number of fused-ring (bicyclic) bond motifs is 1. The summed E-state index contributed by atoms with van der Waals surface area (Å²) in [6.45, 7) is 1.77. The Bertz CT molecular complexity index is 317. The number of aryl methyl sites for hydroxylation is 1. The molecule has 2 heterocycles. The Morgan fingerprint density at radius 3 is 3.14 bits per heavy atom. The van der Waals surface area contributed by atoms with Crippen LogP contribution in [0.4, 0.5) is 0 Å². The molecule has 2 aliphatic rings. The summed E-state index contributed by atoms with van der Waals surface area (Å²) in [7, 11) is 0. The molecule has 1 aromatic heterocycles. The van der Waals surface area contributed by atoms with E-state index >= 15 is 0 Å². The minimum atomic E-state index is 0.555. The van der Waals surface area contributed by atoms with Gasteiger partial charge in [-0.1, -0.05) is 0 Å². The van der Waals surface area contributed by atoms with Gasteiger partial charge in [-0.25, -0.2) is 0 Å². The van der Waals surface area contributed by atoms with E-state index in [1.54, 1.807) is 0 Å². The van der Waals surface area contributed by atoms with Crippen LogP contribution >= 0.6 is 0 Å². The maximum absolute atomic E-state index is 5.18. The predicted octanol–water partition coefficient (Wildman–Crippen LogP) is 1.38. The molecule has 3 nitrogen and oxygen atoms in total. The van der Waals surface area contributed by atoms with Crippen molar-refractivity contribution >= 4 is 0 Å². The molecule has 76 valence electrons. The molecule has 1 aliphatic carbocycles. The van der Waals surface area contributed by atoms with Crippen molar-refractivity contribution in [2.75, 3.05) is 13.2 Å². The molecule has 1 unspecified atom stereocenters. The molecular weight excluding hydrogens is 176 g/mol. The Labute approximate surface area is 83.8 Å². The summed E-state index contributed by atoms with van der Waals surface area (Å²) in [5, 5.41) is 3.65. The Hall–Kier alpha value is -0.800. The van der Waals surface area contributed by atoms with Crippen molar-refractivity contribution in [1.29, 1.82) is 0 Å². The highest BCUT2D eigenvalue weighted by molar-refractivity contribution is 5.27. The Morgan fingerprint density at radius 1 is 1.43 bits per heavy atom. The predicted molar refractivity (Wildman–Crippen MR) is 54.2 cm³/mol. The number of hydrogen-bond donors (Lipinski definition) is 2. The van der Waals surface area contributed by atoms with Gasteiger partial charge in [-0.2, -0.15) is 0 Å². The average molecular weight is 192 g/mol. The van der Waals surface area contributed by atoms with Crippen LogP contribution in [0.15, 0.2) is 12.3 Å². The minimum absolute atomic E-state index is 0.555. The van der Waals surface area contributed by atoms with Crippen LogP contribution in [0.5, 0.6) is 0 Å². The Balaban J connectivity index is 1.74. The largest absolute Gasteiger partial charge is 0.378 e. The highest BCUT2D eigenvalue weighted by atomic mass is 16.5. The lowest BCUT2D eigenvalue weighted by molar-refractivity contribution is -0.0110. The summed E-state index contributed by atoms with van der Waals surface area (Å²) in [5.41, 5.74) is 2.90. The average Bonchev–Trinajstić information content (AvgIpc) is 2.59. The first kappa shape index (κ1) is 8.50. The zero-order chi connectivity index (χ0) is 9.38. The quantitative estimate of drug-likeness (QED) is 0.742. The van der Waals surface area contributed by atoms with Crippen molar-refractivity contribution in [1.82, 2.24) is 10.3 Å². The van der Waals surface area contributed by atoms with Crippen LogP contribution < -0.4 is 5.32 Å². The van der Waals surface area contributed by atoms with E-state index in [9.17, 15) is 0 Å². The molecule has 0 amide bonds. The summed E-state index contributed by atoms with van der Waals surface area (Å²) in [6.07, 6.45) is 5.82. The molecule has 0 aromatic carbocycles. The van der Waals surface area contributed by atoms with Gasteiger partial charge in [0.25, 0.3) is 0 Å². The van der Waals surface area contributed by atoms with Gasteiger partial charge in [-0.05, 0) is 30.9 Å². The zero-order valence-corrected chi connectivity index (χ0v) is 8.25. The zero-order valence-electron chi connectivity index (χ0n) is 8.25. The molecule has 1 aliphatic heterocycles. The van der Waals surface area contributed by atoms with Gasteiger partial charge in [-0.15, -0.1) is 0 Å². The number of aromatic nitrogens is 1. The van der Waals surface area contributed by atoms with Gasteiger partial charge in [0.1, 0.15) is 0 Å². The first-order chi connectivity index (χ1) is 6.93. The molecule has 0 saturated carbocycles. The number of aromatic amines is 1.